The van der Waals surface area contributed by atoms with Gasteiger partial charge in [0.15, 0.2) is 0 Å². The molecule has 1 aromatic rings. The zero-order chi connectivity index (χ0) is 13.4. The highest BCUT2D eigenvalue weighted by molar-refractivity contribution is 6.40. The van der Waals surface area contributed by atoms with Crippen molar-refractivity contribution in [2.24, 2.45) is 0 Å². The summed E-state index contributed by atoms with van der Waals surface area (Å²) in [6.07, 6.45) is 0.997. The number of Topliss-reactive ketones (excluding diaryl/α,β-unsaturated/α-hetero) is 1. The van der Waals surface area contributed by atoms with Crippen LogP contribution in [-0.4, -0.2) is 30.9 Å². The Morgan fingerprint density at radius 1 is 1.06 bits per heavy atom. The number of ketones is 1. The van der Waals surface area contributed by atoms with Crippen LogP contribution in [0.5, 0.6) is 0 Å². The first-order valence-electron chi connectivity index (χ1n) is 5.21. The van der Waals surface area contributed by atoms with Gasteiger partial charge in [0, 0.05) is 11.6 Å². The molecule has 1 rings (SSSR count). The third-order valence-electron chi connectivity index (χ3n) is 1.95. The van der Waals surface area contributed by atoms with E-state index in [1.165, 1.54) is 12.1 Å². The summed E-state index contributed by atoms with van der Waals surface area (Å²) < 4.78 is 9.23. The van der Waals surface area contributed by atoms with E-state index in [2.05, 4.69) is 16.1 Å². The van der Waals surface area contributed by atoms with Gasteiger partial charge in [0.25, 0.3) is 5.78 Å². The molecule has 0 fully saturated rings. The fourth-order valence-corrected chi connectivity index (χ4v) is 1.11. The van der Waals surface area contributed by atoms with E-state index in [0.717, 1.165) is 6.08 Å². The summed E-state index contributed by atoms with van der Waals surface area (Å²) in [6, 6.07) is 8.05. The third kappa shape index (κ3) is 4.21. The van der Waals surface area contributed by atoms with Gasteiger partial charge >= 0.3 is 11.9 Å². The topological polar surface area (TPSA) is 69.7 Å². The Kier molecular flexibility index (Phi) is 5.31. The highest BCUT2D eigenvalue weighted by atomic mass is 16.6. The third-order valence-corrected chi connectivity index (χ3v) is 1.95. The van der Waals surface area contributed by atoms with Gasteiger partial charge in [0.2, 0.25) is 0 Å². The number of esters is 2. The van der Waals surface area contributed by atoms with Crippen molar-refractivity contribution in [3.63, 3.8) is 0 Å². The first-order chi connectivity index (χ1) is 8.65. The van der Waals surface area contributed by atoms with E-state index >= 15 is 0 Å². The lowest BCUT2D eigenvalue weighted by molar-refractivity contribution is -0.146. The predicted octanol–water partition coefficient (Wildman–Crippen LogP) is 1.14. The molecule has 0 bridgehead atoms. The van der Waals surface area contributed by atoms with Crippen LogP contribution in [0.4, 0.5) is 0 Å². The number of rotatable bonds is 6. The van der Waals surface area contributed by atoms with Gasteiger partial charge in [0.1, 0.15) is 13.2 Å². The lowest BCUT2D eigenvalue weighted by Crippen LogP contribution is -2.20. The quantitative estimate of drug-likeness (QED) is 0.248. The molecule has 0 N–H and O–H groups in total. The first-order valence-corrected chi connectivity index (χ1v) is 5.21. The average molecular weight is 248 g/mol. The van der Waals surface area contributed by atoms with Crippen LogP contribution >= 0.6 is 0 Å². The Morgan fingerprint density at radius 3 is 2.28 bits per heavy atom. The van der Waals surface area contributed by atoms with Crippen molar-refractivity contribution in [1.82, 2.24) is 0 Å². The van der Waals surface area contributed by atoms with E-state index in [-0.39, 0.29) is 18.8 Å². The Bertz CT molecular complexity index is 450. The van der Waals surface area contributed by atoms with Gasteiger partial charge in [-0.05, 0) is 0 Å². The highest BCUT2D eigenvalue weighted by Gasteiger charge is 2.17. The summed E-state index contributed by atoms with van der Waals surface area (Å²) in [5.74, 6) is -2.32. The molecule has 1 aromatic carbocycles. The number of benzene rings is 1. The van der Waals surface area contributed by atoms with Gasteiger partial charge in [-0.15, -0.1) is 0 Å². The van der Waals surface area contributed by atoms with Crippen LogP contribution in [0.1, 0.15) is 10.4 Å². The fraction of sp³-hybridized carbons (Fsp3) is 0.154. The van der Waals surface area contributed by atoms with Crippen LogP contribution in [0.25, 0.3) is 0 Å². The molecule has 0 saturated carbocycles. The maximum atomic E-state index is 11.5. The van der Waals surface area contributed by atoms with Crippen molar-refractivity contribution < 1.29 is 23.9 Å². The second-order valence-corrected chi connectivity index (χ2v) is 3.20. The zero-order valence-corrected chi connectivity index (χ0v) is 9.63. The Morgan fingerprint density at radius 2 is 1.67 bits per heavy atom. The number of carbonyl (C=O) groups is 3. The molecule has 0 saturated heterocycles. The molecule has 0 aliphatic heterocycles. The molecule has 0 amide bonds. The van der Waals surface area contributed by atoms with Crippen molar-refractivity contribution >= 4 is 17.7 Å². The molecule has 94 valence electrons. The fourth-order valence-electron chi connectivity index (χ4n) is 1.11. The largest absolute Gasteiger partial charge is 0.459 e. The maximum absolute atomic E-state index is 11.5. The minimum absolute atomic E-state index is 0.112. The van der Waals surface area contributed by atoms with E-state index in [4.69, 9.17) is 0 Å². The summed E-state index contributed by atoms with van der Waals surface area (Å²) in [5, 5.41) is 0. The smallest absolute Gasteiger partial charge is 0.379 e. The maximum Gasteiger partial charge on any atom is 0.379 e. The van der Waals surface area contributed by atoms with Crippen molar-refractivity contribution in [3.05, 3.63) is 48.6 Å². The number of hydrogen-bond acceptors (Lipinski definition) is 5. The SMILES string of the molecule is C=CC(=O)OCCOC(=O)C(=O)c1ccccc1. The van der Waals surface area contributed by atoms with Gasteiger partial charge in [0.05, 0.1) is 0 Å². The first kappa shape index (κ1) is 13.6. The van der Waals surface area contributed by atoms with Crippen LogP contribution in [-0.2, 0) is 19.1 Å². The van der Waals surface area contributed by atoms with Gasteiger partial charge < -0.3 is 9.47 Å². The molecule has 0 aromatic heterocycles. The van der Waals surface area contributed by atoms with Crippen molar-refractivity contribution in [2.75, 3.05) is 13.2 Å². The van der Waals surface area contributed by atoms with Crippen molar-refractivity contribution in [2.45, 2.75) is 0 Å². The van der Waals surface area contributed by atoms with Crippen LogP contribution in [0.15, 0.2) is 43.0 Å². The molecule has 5 heteroatoms. The van der Waals surface area contributed by atoms with Gasteiger partial charge in [-0.25, -0.2) is 9.59 Å². The molecule has 0 radical (unpaired) electrons. The normalized spacial score (nSPS) is 9.33. The average Bonchev–Trinajstić information content (AvgIpc) is 2.43. The summed E-state index contributed by atoms with van der Waals surface area (Å²) in [7, 11) is 0. The van der Waals surface area contributed by atoms with E-state index in [0.29, 0.717) is 0 Å². The van der Waals surface area contributed by atoms with Crippen LogP contribution in [0, 0.1) is 0 Å². The Balaban J connectivity index is 2.35. The monoisotopic (exact) mass is 248 g/mol. The summed E-state index contributed by atoms with van der Waals surface area (Å²) in [5.41, 5.74) is 0.255. The van der Waals surface area contributed by atoms with Gasteiger partial charge in [-0.1, -0.05) is 36.9 Å². The van der Waals surface area contributed by atoms with Gasteiger partial charge in [-0.3, -0.25) is 4.79 Å². The van der Waals surface area contributed by atoms with Crippen molar-refractivity contribution in [3.8, 4) is 0 Å². The summed E-state index contributed by atoms with van der Waals surface area (Å²) >= 11 is 0. The van der Waals surface area contributed by atoms with E-state index in [9.17, 15) is 14.4 Å². The minimum atomic E-state index is -0.976. The molecule has 0 unspecified atom stereocenters. The lowest BCUT2D eigenvalue weighted by atomic mass is 10.1. The van der Waals surface area contributed by atoms with Crippen LogP contribution in [0.2, 0.25) is 0 Å². The molecular weight excluding hydrogens is 236 g/mol. The summed E-state index contributed by atoms with van der Waals surface area (Å²) in [4.78, 5) is 33.5. The Labute approximate surface area is 104 Å². The number of carbonyl (C=O) groups excluding carboxylic acids is 3. The molecule has 18 heavy (non-hydrogen) atoms. The van der Waals surface area contributed by atoms with E-state index in [1.807, 2.05) is 0 Å². The molecule has 0 heterocycles. The minimum Gasteiger partial charge on any atom is -0.459 e. The summed E-state index contributed by atoms with van der Waals surface area (Å²) in [6.45, 7) is 2.92. The lowest BCUT2D eigenvalue weighted by Gasteiger charge is -2.04. The van der Waals surface area contributed by atoms with Crippen LogP contribution in [0.3, 0.4) is 0 Å². The zero-order valence-electron chi connectivity index (χ0n) is 9.63. The standard InChI is InChI=1S/C13H12O5/c1-2-11(14)17-8-9-18-13(16)12(15)10-6-4-3-5-7-10/h2-7H,1,8-9H2. The number of ether oxygens (including phenoxy) is 2. The predicted molar refractivity (Wildman–Crippen MR) is 62.9 cm³/mol. The molecular formula is C13H12O5. The molecule has 0 spiro atoms. The van der Waals surface area contributed by atoms with E-state index in [1.54, 1.807) is 18.2 Å². The highest BCUT2D eigenvalue weighted by Crippen LogP contribution is 2.01. The van der Waals surface area contributed by atoms with Crippen molar-refractivity contribution in [1.29, 1.82) is 0 Å². The van der Waals surface area contributed by atoms with Gasteiger partial charge in [-0.2, -0.15) is 0 Å². The second kappa shape index (κ2) is 7.01. The molecule has 0 aliphatic carbocycles. The number of hydrogen-bond donors (Lipinski definition) is 0. The molecule has 5 nitrogen and oxygen atoms in total. The van der Waals surface area contributed by atoms with E-state index < -0.39 is 17.7 Å². The molecule has 0 aliphatic rings. The Hall–Kier alpha value is -2.43. The van der Waals surface area contributed by atoms with Crippen LogP contribution < -0.4 is 0 Å². The second-order valence-electron chi connectivity index (χ2n) is 3.20. The molecule has 0 atom stereocenters.